The monoisotopic (exact) mass is 1770 g/mol. The van der Waals surface area contributed by atoms with Gasteiger partial charge in [-0.15, -0.1) is 0 Å². The lowest BCUT2D eigenvalue weighted by atomic mass is 9.97. The molecule has 8 aromatic carbocycles. The summed E-state index contributed by atoms with van der Waals surface area (Å²) < 4.78 is 100. The van der Waals surface area contributed by atoms with E-state index in [1.807, 2.05) is 9.80 Å². The Balaban J connectivity index is 0.000000144. The molecule has 0 radical (unpaired) electrons. The third-order valence-corrected chi connectivity index (χ3v) is 27.6. The van der Waals surface area contributed by atoms with Crippen LogP contribution in [0.3, 0.4) is 0 Å². The molecule has 16 rings (SSSR count). The van der Waals surface area contributed by atoms with Crippen LogP contribution in [0.15, 0.2) is 204 Å². The zero-order valence-corrected chi connectivity index (χ0v) is 70.9. The first-order valence-electron chi connectivity index (χ1n) is 40.4. The first-order chi connectivity index (χ1) is 60.4. The summed E-state index contributed by atoms with van der Waals surface area (Å²) in [5.74, 6) is 1.75. The molecule has 8 aliphatic heterocycles. The number of ether oxygens (including phenoxy) is 8. The average Bonchev–Trinajstić information content (AvgIpc) is 1.58. The smallest absolute Gasteiger partial charge is 0.269 e. The lowest BCUT2D eigenvalue weighted by Crippen LogP contribution is -2.55. The first-order valence-corrected chi connectivity index (χ1v) is 43.3. The van der Waals surface area contributed by atoms with E-state index < -0.39 is 62.6 Å². The Kier molecular flexibility index (Phi) is 27.8. The number of likely N-dealkylation sites (tertiary alicyclic amines) is 4. The molecule has 0 unspecified atom stereocenters. The summed E-state index contributed by atoms with van der Waals surface area (Å²) in [6.07, 6.45) is 3.37. The highest BCUT2D eigenvalue weighted by molar-refractivity contribution is 7.89. The maximum absolute atomic E-state index is 13.3. The van der Waals surface area contributed by atoms with E-state index in [1.54, 1.807) is 138 Å². The van der Waals surface area contributed by atoms with Crippen LogP contribution in [0.2, 0.25) is 0 Å². The zero-order chi connectivity index (χ0) is 89.9. The van der Waals surface area contributed by atoms with E-state index in [2.05, 4.69) is 0 Å². The van der Waals surface area contributed by atoms with Gasteiger partial charge in [0.25, 0.3) is 58.2 Å². The normalized spacial score (nSPS) is 18.1. The van der Waals surface area contributed by atoms with E-state index in [0.717, 1.165) is 17.9 Å². The quantitative estimate of drug-likeness (QED) is 0.0569. The molecule has 8 fully saturated rings. The molecule has 0 atom stereocenters. The molecule has 0 aliphatic carbocycles. The van der Waals surface area contributed by atoms with Crippen molar-refractivity contribution >= 4 is 78.2 Å². The van der Waals surface area contributed by atoms with E-state index in [-0.39, 0.29) is 107 Å². The van der Waals surface area contributed by atoms with E-state index in [0.29, 0.717) is 168 Å². The Labute approximate surface area is 724 Å². The Hall–Kier alpha value is -13.0. The number of nitro groups is 4. The van der Waals surface area contributed by atoms with Gasteiger partial charge >= 0.3 is 0 Å². The SMILES string of the molecule is COc1ccc(C(=O)N2CCC3(CC2)OCCN3C(=O)c2ccc(OC)cc2)cc1.COc1ccc(C(=O)N2CCC3(CC2)OCCN3S(=O)(=O)c2ccc(OC)cc2)cc1.O=C(c1ccc([N+](=O)[O-])cc1)N1CCC2(CC1)OCCN2C(=O)c1ccc([N+](=O)[O-])cc1.O=C(c1ccc([N+](=O)[O-])cc1)N1CCC2(CC1)OCCN2S(=O)(=O)c1ccc([N+](=O)[O-])cc1. The minimum absolute atomic E-state index is 0.0152. The number of carbonyl (C=O) groups excluding carboxylic acids is 6. The lowest BCUT2D eigenvalue weighted by molar-refractivity contribution is -0.385. The molecule has 0 N–H and O–H groups in total. The number of piperidine rings is 4. The molecule has 4 spiro atoms. The van der Waals surface area contributed by atoms with Crippen LogP contribution >= 0.6 is 0 Å². The number of hydrogen-bond acceptors (Lipinski definition) is 26. The van der Waals surface area contributed by atoms with Crippen LogP contribution in [0.1, 0.15) is 114 Å². The first kappa shape index (κ1) is 90.8. The Morgan fingerprint density at radius 3 is 0.706 bits per heavy atom. The van der Waals surface area contributed by atoms with Gasteiger partial charge in [-0.2, -0.15) is 8.61 Å². The molecule has 8 aromatic rings. The molecule has 0 saturated carbocycles. The second kappa shape index (κ2) is 38.7. The van der Waals surface area contributed by atoms with Gasteiger partial charge in [0.05, 0.1) is 84.4 Å². The van der Waals surface area contributed by atoms with E-state index >= 15 is 0 Å². The number of methoxy groups -OCH3 is 4. The maximum atomic E-state index is 13.3. The number of nitrogens with zero attached hydrogens (tertiary/aromatic N) is 12. The zero-order valence-electron chi connectivity index (χ0n) is 69.2. The molecular weight excluding hydrogens is 1680 g/mol. The molecule has 8 heterocycles. The van der Waals surface area contributed by atoms with Crippen LogP contribution < -0.4 is 18.9 Å². The summed E-state index contributed by atoms with van der Waals surface area (Å²) in [6, 6.07) is 48.5. The van der Waals surface area contributed by atoms with Crippen molar-refractivity contribution in [2.24, 2.45) is 0 Å². The summed E-state index contributed by atoms with van der Waals surface area (Å²) in [5, 5.41) is 43.3. The molecule has 38 nitrogen and oxygen atoms in total. The van der Waals surface area contributed by atoms with Crippen LogP contribution in [0.25, 0.3) is 0 Å². The summed E-state index contributed by atoms with van der Waals surface area (Å²) in [7, 11) is -1.40. The third-order valence-electron chi connectivity index (χ3n) is 23.7. The summed E-state index contributed by atoms with van der Waals surface area (Å²) in [6.45, 7) is 5.89. The fraction of sp³-hybridized carbons (Fsp3) is 0.372. The maximum Gasteiger partial charge on any atom is 0.269 e. The Bertz CT molecular complexity index is 5560. The number of carbonyl (C=O) groups is 6. The number of benzene rings is 8. The number of nitro benzene ring substituents is 4. The predicted molar refractivity (Wildman–Crippen MR) is 450 cm³/mol. The molecule has 8 aliphatic rings. The van der Waals surface area contributed by atoms with Gasteiger partial charge in [0.15, 0.2) is 0 Å². The fourth-order valence-corrected chi connectivity index (χ4v) is 20.1. The van der Waals surface area contributed by atoms with Gasteiger partial charge in [0.2, 0.25) is 20.0 Å². The van der Waals surface area contributed by atoms with Crippen molar-refractivity contribution in [1.82, 2.24) is 38.0 Å². The van der Waals surface area contributed by atoms with Gasteiger partial charge in [-0.05, 0) is 146 Å². The topological polar surface area (TPSA) is 443 Å². The fourth-order valence-electron chi connectivity index (χ4n) is 16.7. The molecule has 0 aromatic heterocycles. The minimum Gasteiger partial charge on any atom is -0.497 e. The second-order valence-corrected chi connectivity index (χ2v) is 34.2. The molecule has 40 heteroatoms. The molecular formula is C86H92N12O26S2. The summed E-state index contributed by atoms with van der Waals surface area (Å²) >= 11 is 0. The highest BCUT2D eigenvalue weighted by Gasteiger charge is 2.54. The van der Waals surface area contributed by atoms with Crippen molar-refractivity contribution in [2.75, 3.05) is 133 Å². The number of non-ortho nitro benzene ring substituents is 4. The largest absolute Gasteiger partial charge is 0.497 e. The number of sulfonamides is 2. The van der Waals surface area contributed by atoms with E-state index in [9.17, 15) is 86.1 Å². The van der Waals surface area contributed by atoms with Crippen molar-refractivity contribution in [3.63, 3.8) is 0 Å². The van der Waals surface area contributed by atoms with Crippen LogP contribution in [0.4, 0.5) is 22.7 Å². The van der Waals surface area contributed by atoms with Gasteiger partial charge in [-0.1, -0.05) is 0 Å². The van der Waals surface area contributed by atoms with Crippen LogP contribution in [0.5, 0.6) is 23.0 Å². The molecule has 8 saturated heterocycles. The van der Waals surface area contributed by atoms with Crippen molar-refractivity contribution < 1.29 is 103 Å². The highest BCUT2D eigenvalue weighted by Crippen LogP contribution is 2.43. The van der Waals surface area contributed by atoms with E-state index in [4.69, 9.17) is 37.9 Å². The number of rotatable bonds is 18. The lowest BCUT2D eigenvalue weighted by Gasteiger charge is -2.43. The third kappa shape index (κ3) is 19.4. The van der Waals surface area contributed by atoms with Crippen molar-refractivity contribution in [1.29, 1.82) is 0 Å². The van der Waals surface area contributed by atoms with Gasteiger partial charge in [0.1, 0.15) is 45.9 Å². The van der Waals surface area contributed by atoms with Crippen LogP contribution in [-0.2, 0) is 39.0 Å². The van der Waals surface area contributed by atoms with Gasteiger partial charge in [-0.25, -0.2) is 16.8 Å². The summed E-state index contributed by atoms with van der Waals surface area (Å²) in [5.41, 5.74) is -1.18. The highest BCUT2D eigenvalue weighted by atomic mass is 32.2. The van der Waals surface area contributed by atoms with E-state index in [1.165, 1.54) is 101 Å². The van der Waals surface area contributed by atoms with Crippen molar-refractivity contribution in [3.8, 4) is 23.0 Å². The average molecular weight is 1770 g/mol. The standard InChI is InChI=1S/C23H26N2O5.C22H26N2O6S.C21H20N4O7.C20H20N4O8S/c1-28-19-7-3-17(4-8-19)21(26)24-13-11-23(12-14-24)25(15-16-30-23)22(27)18-5-9-20(29-2)10-6-18;1-28-18-5-3-17(4-6-18)21(25)23-13-11-22(12-14-23)24(15-16-30-22)31(26,27)20-9-7-19(29-2)8-10-20;26-19(15-1-5-17(6-2-15)24(28)29)22-11-9-21(10-12-22)23(13-14-32-21)20(27)16-3-7-18(8-4-16)25(30)31;25-19(15-1-3-16(4-2-15)23(26)27)21-11-9-20(10-12-21)22(13-14-32-20)33(30,31)18-7-5-17(6-8-18)24(28)29/h3-10H,11-16H2,1-2H3;3-10H,11-16H2,1-2H3;1-8H,9-14H2;1-8H,9-14H2. The Morgan fingerprint density at radius 1 is 0.278 bits per heavy atom. The Morgan fingerprint density at radius 2 is 0.468 bits per heavy atom. The summed E-state index contributed by atoms with van der Waals surface area (Å²) in [4.78, 5) is 129. The molecule has 126 heavy (non-hydrogen) atoms. The van der Waals surface area contributed by atoms with Crippen molar-refractivity contribution in [2.45, 2.75) is 84.1 Å². The van der Waals surface area contributed by atoms with Gasteiger partial charge in [0, 0.05) is 212 Å². The second-order valence-electron chi connectivity index (χ2n) is 30.4. The van der Waals surface area contributed by atoms with Gasteiger partial charge < -0.3 is 67.3 Å². The molecule has 0 bridgehead atoms. The van der Waals surface area contributed by atoms with Crippen molar-refractivity contribution in [3.05, 3.63) is 268 Å². The number of amides is 6. The van der Waals surface area contributed by atoms with Crippen LogP contribution in [0, 0.1) is 40.5 Å². The number of hydrogen-bond donors (Lipinski definition) is 0. The molecule has 664 valence electrons. The molecule has 6 amide bonds. The predicted octanol–water partition coefficient (Wildman–Crippen LogP) is 9.93. The minimum atomic E-state index is -3.97. The van der Waals surface area contributed by atoms with Crippen LogP contribution in [-0.4, -0.2) is 266 Å². The van der Waals surface area contributed by atoms with Gasteiger partial charge in [-0.3, -0.25) is 69.2 Å².